The molecule has 12 heteroatoms. The van der Waals surface area contributed by atoms with E-state index in [2.05, 4.69) is 36.9 Å². The van der Waals surface area contributed by atoms with Gasteiger partial charge in [0.2, 0.25) is 5.91 Å². The van der Waals surface area contributed by atoms with Crippen LogP contribution in [0.15, 0.2) is 118 Å². The number of carbonyl (C=O) groups is 3. The molecule has 1 heterocycles. The lowest BCUT2D eigenvalue weighted by molar-refractivity contribution is -0.114. The lowest BCUT2D eigenvalue weighted by Crippen LogP contribution is -2.30. The molecule has 4 aromatic carbocycles. The topological polar surface area (TPSA) is 119 Å². The Balaban J connectivity index is 1.23. The second kappa shape index (κ2) is 16.1. The third-order valence-electron chi connectivity index (χ3n) is 6.64. The fourth-order valence-electron chi connectivity index (χ4n) is 4.27. The number of thioether (sulfide) groups is 1. The van der Waals surface area contributed by atoms with Crippen LogP contribution in [0.2, 0.25) is 0 Å². The molecule has 0 radical (unpaired) electrons. The number of methoxy groups -OCH3 is 2. The van der Waals surface area contributed by atoms with E-state index in [0.29, 0.717) is 33.4 Å². The molecule has 9 nitrogen and oxygen atoms in total. The molecule has 0 saturated heterocycles. The molecular formula is C35H29BrN4O5S2. The van der Waals surface area contributed by atoms with Crippen molar-refractivity contribution in [2.75, 3.05) is 30.6 Å². The molecule has 0 fully saturated rings. The molecule has 5 rings (SSSR count). The SMILES string of the molecule is COc1ccc(OC)c(/C=C(\NC(=O)c2ccccc2)C(=O)Nc2ccc(SCC(=O)Nc3nc(-c4ccc(Br)cc4)cs3)cc2)c1. The lowest BCUT2D eigenvalue weighted by atomic mass is 10.1. The Labute approximate surface area is 288 Å². The van der Waals surface area contributed by atoms with Gasteiger partial charge in [-0.05, 0) is 72.8 Å². The van der Waals surface area contributed by atoms with Crippen molar-refractivity contribution in [3.05, 3.63) is 124 Å². The highest BCUT2D eigenvalue weighted by Gasteiger charge is 2.17. The van der Waals surface area contributed by atoms with E-state index in [1.165, 1.54) is 43.4 Å². The third kappa shape index (κ3) is 9.32. The van der Waals surface area contributed by atoms with E-state index in [1.807, 2.05) is 29.6 Å². The smallest absolute Gasteiger partial charge is 0.272 e. The standard InChI is InChI=1S/C35H29BrN4O5S2/c1-44-27-14-17-31(45-2)24(18-27)19-29(38-33(42)23-6-4-3-5-7-23)34(43)37-26-12-15-28(16-13-26)46-21-32(41)40-35-39-30(20-47-35)22-8-10-25(36)11-9-22/h3-20H,21H2,1-2H3,(H,37,43)(H,38,42)(H,39,40,41)/b29-19-. The van der Waals surface area contributed by atoms with Crippen LogP contribution in [0.5, 0.6) is 11.5 Å². The summed E-state index contributed by atoms with van der Waals surface area (Å²) in [7, 11) is 3.06. The summed E-state index contributed by atoms with van der Waals surface area (Å²) in [5.41, 5.74) is 3.21. The summed E-state index contributed by atoms with van der Waals surface area (Å²) >= 11 is 6.15. The number of carbonyl (C=O) groups excluding carboxylic acids is 3. The zero-order chi connectivity index (χ0) is 33.2. The van der Waals surface area contributed by atoms with Crippen LogP contribution in [-0.2, 0) is 9.59 Å². The molecule has 1 aromatic heterocycles. The Morgan fingerprint density at radius 1 is 0.894 bits per heavy atom. The maximum Gasteiger partial charge on any atom is 0.272 e. The van der Waals surface area contributed by atoms with Gasteiger partial charge in [0.25, 0.3) is 11.8 Å². The van der Waals surface area contributed by atoms with E-state index >= 15 is 0 Å². The summed E-state index contributed by atoms with van der Waals surface area (Å²) in [6, 6.07) is 28.6. The van der Waals surface area contributed by atoms with E-state index in [9.17, 15) is 14.4 Å². The summed E-state index contributed by atoms with van der Waals surface area (Å²) in [5, 5.41) is 10.8. The predicted molar refractivity (Wildman–Crippen MR) is 191 cm³/mol. The van der Waals surface area contributed by atoms with Crippen LogP contribution in [0.1, 0.15) is 15.9 Å². The Bertz CT molecular complexity index is 1900. The van der Waals surface area contributed by atoms with Gasteiger partial charge in [-0.3, -0.25) is 14.4 Å². The molecule has 5 aromatic rings. The van der Waals surface area contributed by atoms with Crippen LogP contribution in [-0.4, -0.2) is 42.7 Å². The minimum Gasteiger partial charge on any atom is -0.497 e. The average molecular weight is 730 g/mol. The first kappa shape index (κ1) is 33.5. The van der Waals surface area contributed by atoms with Crippen molar-refractivity contribution in [3.8, 4) is 22.8 Å². The second-order valence-electron chi connectivity index (χ2n) is 9.85. The normalized spacial score (nSPS) is 11.0. The first-order valence-electron chi connectivity index (χ1n) is 14.2. The number of rotatable bonds is 12. The van der Waals surface area contributed by atoms with Crippen LogP contribution in [0.25, 0.3) is 17.3 Å². The molecule has 0 aliphatic heterocycles. The minimum atomic E-state index is -0.537. The van der Waals surface area contributed by atoms with Gasteiger partial charge in [0.05, 0.1) is 25.7 Å². The fraction of sp³-hybridized carbons (Fsp3) is 0.0857. The zero-order valence-corrected chi connectivity index (χ0v) is 28.5. The van der Waals surface area contributed by atoms with Crippen molar-refractivity contribution >= 4 is 73.6 Å². The Kier molecular flexibility index (Phi) is 11.4. The average Bonchev–Trinajstić information content (AvgIpc) is 3.56. The summed E-state index contributed by atoms with van der Waals surface area (Å²) in [6.07, 6.45) is 1.53. The number of anilines is 2. The second-order valence-corrected chi connectivity index (χ2v) is 12.7. The molecule has 0 saturated carbocycles. The van der Waals surface area contributed by atoms with Crippen molar-refractivity contribution in [3.63, 3.8) is 0 Å². The summed E-state index contributed by atoms with van der Waals surface area (Å²) in [4.78, 5) is 44.5. The minimum absolute atomic E-state index is 0.00556. The maximum atomic E-state index is 13.5. The van der Waals surface area contributed by atoms with E-state index in [0.717, 1.165) is 20.6 Å². The van der Waals surface area contributed by atoms with E-state index < -0.39 is 11.8 Å². The molecule has 0 atom stereocenters. The number of ether oxygens (including phenoxy) is 2. The number of hydrogen-bond donors (Lipinski definition) is 3. The fourth-order valence-corrected chi connectivity index (χ4v) is 5.97. The van der Waals surface area contributed by atoms with Gasteiger partial charge >= 0.3 is 0 Å². The van der Waals surface area contributed by atoms with E-state index in [4.69, 9.17) is 9.47 Å². The molecule has 0 aliphatic rings. The van der Waals surface area contributed by atoms with Gasteiger partial charge in [0, 0.05) is 37.1 Å². The number of hydrogen-bond acceptors (Lipinski definition) is 8. The van der Waals surface area contributed by atoms with Gasteiger partial charge < -0.3 is 25.4 Å². The Hall–Kier alpha value is -4.91. The van der Waals surface area contributed by atoms with Crippen LogP contribution in [0, 0.1) is 0 Å². The van der Waals surface area contributed by atoms with Crippen LogP contribution >= 0.6 is 39.0 Å². The summed E-state index contributed by atoms with van der Waals surface area (Å²) in [6.45, 7) is 0. The highest BCUT2D eigenvalue weighted by Crippen LogP contribution is 2.28. The van der Waals surface area contributed by atoms with Gasteiger partial charge in [-0.2, -0.15) is 0 Å². The first-order chi connectivity index (χ1) is 22.8. The molecule has 0 bridgehead atoms. The summed E-state index contributed by atoms with van der Waals surface area (Å²) < 4.78 is 11.8. The molecular weight excluding hydrogens is 700 g/mol. The van der Waals surface area contributed by atoms with Crippen LogP contribution < -0.4 is 25.4 Å². The summed E-state index contributed by atoms with van der Waals surface area (Å²) in [5.74, 6) is 0.0761. The number of nitrogens with zero attached hydrogens (tertiary/aromatic N) is 1. The molecule has 0 unspecified atom stereocenters. The molecule has 3 N–H and O–H groups in total. The Morgan fingerprint density at radius 2 is 1.64 bits per heavy atom. The van der Waals surface area contributed by atoms with Gasteiger partial charge in [-0.1, -0.05) is 46.3 Å². The van der Waals surface area contributed by atoms with E-state index in [-0.39, 0.29) is 17.4 Å². The Morgan fingerprint density at radius 3 is 2.34 bits per heavy atom. The van der Waals surface area contributed by atoms with Crippen molar-refractivity contribution in [1.29, 1.82) is 0 Å². The maximum absolute atomic E-state index is 13.5. The number of thiazole rings is 1. The largest absolute Gasteiger partial charge is 0.497 e. The number of amides is 3. The molecule has 0 spiro atoms. The van der Waals surface area contributed by atoms with Gasteiger partial charge in [-0.25, -0.2) is 4.98 Å². The van der Waals surface area contributed by atoms with Gasteiger partial charge in [0.1, 0.15) is 17.2 Å². The van der Waals surface area contributed by atoms with Crippen LogP contribution in [0.3, 0.4) is 0 Å². The number of aromatic nitrogens is 1. The molecule has 47 heavy (non-hydrogen) atoms. The molecule has 238 valence electrons. The molecule has 3 amide bonds. The van der Waals surface area contributed by atoms with Crippen molar-refractivity contribution in [2.24, 2.45) is 0 Å². The monoisotopic (exact) mass is 728 g/mol. The van der Waals surface area contributed by atoms with Crippen LogP contribution in [0.4, 0.5) is 10.8 Å². The van der Waals surface area contributed by atoms with Crippen molar-refractivity contribution in [2.45, 2.75) is 4.90 Å². The van der Waals surface area contributed by atoms with Gasteiger partial charge in [-0.15, -0.1) is 23.1 Å². The lowest BCUT2D eigenvalue weighted by Gasteiger charge is -2.13. The zero-order valence-electron chi connectivity index (χ0n) is 25.3. The van der Waals surface area contributed by atoms with Crippen molar-refractivity contribution in [1.82, 2.24) is 10.3 Å². The molecule has 0 aliphatic carbocycles. The quantitative estimate of drug-likeness (QED) is 0.0889. The number of nitrogens with one attached hydrogen (secondary N) is 3. The third-order valence-corrected chi connectivity index (χ3v) is 8.94. The highest BCUT2D eigenvalue weighted by atomic mass is 79.9. The van der Waals surface area contributed by atoms with Gasteiger partial charge in [0.15, 0.2) is 5.13 Å². The van der Waals surface area contributed by atoms with E-state index in [1.54, 1.807) is 72.8 Å². The predicted octanol–water partition coefficient (Wildman–Crippen LogP) is 7.73. The first-order valence-corrected chi connectivity index (χ1v) is 16.8. The number of halogens is 1. The number of benzene rings is 4. The highest BCUT2D eigenvalue weighted by molar-refractivity contribution is 9.10. The van der Waals surface area contributed by atoms with Crippen molar-refractivity contribution < 1.29 is 23.9 Å².